The van der Waals surface area contributed by atoms with Crippen molar-refractivity contribution < 1.29 is 19.4 Å². The third kappa shape index (κ3) is 3.13. The van der Waals surface area contributed by atoms with Crippen molar-refractivity contribution in [2.24, 2.45) is 17.3 Å². The molecule has 0 radical (unpaired) electrons. The number of carbonyl (C=O) groups excluding carboxylic acids is 2. The van der Waals surface area contributed by atoms with Gasteiger partial charge in [0.2, 0.25) is 0 Å². The Labute approximate surface area is 187 Å². The first-order valence-corrected chi connectivity index (χ1v) is 11.6. The van der Waals surface area contributed by atoms with Crippen molar-refractivity contribution in [3.63, 3.8) is 0 Å². The lowest BCUT2D eigenvalue weighted by atomic mass is 9.48. The second kappa shape index (κ2) is 6.46. The summed E-state index contributed by atoms with van der Waals surface area (Å²) in [7, 11) is 0. The molecular formula is C18H16I3O4-. The number of carboxylic acids is 1. The minimum Gasteiger partial charge on any atom is -0.550 e. The van der Waals surface area contributed by atoms with Crippen LogP contribution in [0.25, 0.3) is 0 Å². The van der Waals surface area contributed by atoms with Gasteiger partial charge in [-0.15, -0.1) is 0 Å². The van der Waals surface area contributed by atoms with Gasteiger partial charge >= 0.3 is 5.97 Å². The Balaban J connectivity index is 1.66. The summed E-state index contributed by atoms with van der Waals surface area (Å²) in [6.45, 7) is 0. The number of carboxylic acid groups (broad SMARTS) is 1. The molecule has 4 aliphatic carbocycles. The Bertz CT molecular complexity index is 762. The first kappa shape index (κ1) is 18.7. The van der Waals surface area contributed by atoms with E-state index in [0.717, 1.165) is 30.0 Å². The molecule has 2 atom stereocenters. The van der Waals surface area contributed by atoms with Crippen LogP contribution in [0.5, 0.6) is 0 Å². The van der Waals surface area contributed by atoms with Gasteiger partial charge < -0.3 is 14.6 Å². The standard InChI is InChI=1S/C18H17I3O4/c19-11-1-2-12(20)14(21)13(11)15(22)25-18-6-9-3-10(7-18)5-17(4-9,8-18)16(23)24/h1-2,9-10H,3-8H2,(H,23,24)/p-1. The van der Waals surface area contributed by atoms with Crippen molar-refractivity contribution in [3.8, 4) is 0 Å². The SMILES string of the molecule is O=C(OC12CC3CC(C1)CC(C(=O)[O-])(C3)C2)c1c(I)ccc(I)c1I. The Hall–Kier alpha value is 0.350. The van der Waals surface area contributed by atoms with Gasteiger partial charge in [0.05, 0.1) is 5.56 Å². The van der Waals surface area contributed by atoms with Crippen LogP contribution in [0.15, 0.2) is 12.1 Å². The van der Waals surface area contributed by atoms with Crippen molar-refractivity contribution in [3.05, 3.63) is 28.4 Å². The normalized spacial score (nSPS) is 35.6. The molecule has 0 aromatic heterocycles. The summed E-state index contributed by atoms with van der Waals surface area (Å²) in [5, 5.41) is 11.8. The van der Waals surface area contributed by atoms with Crippen molar-refractivity contribution >= 4 is 79.7 Å². The molecule has 4 nitrogen and oxygen atoms in total. The van der Waals surface area contributed by atoms with Crippen LogP contribution < -0.4 is 5.11 Å². The maximum atomic E-state index is 13.0. The molecular weight excluding hydrogens is 661 g/mol. The second-order valence-electron chi connectivity index (χ2n) is 7.82. The fraction of sp³-hybridized carbons (Fsp3) is 0.556. The van der Waals surface area contributed by atoms with Gasteiger partial charge in [-0.1, -0.05) is 0 Å². The van der Waals surface area contributed by atoms with E-state index in [-0.39, 0.29) is 5.97 Å². The van der Waals surface area contributed by atoms with E-state index in [9.17, 15) is 14.7 Å². The topological polar surface area (TPSA) is 66.4 Å². The number of ether oxygens (including phenoxy) is 1. The van der Waals surface area contributed by atoms with E-state index in [1.165, 1.54) is 0 Å². The van der Waals surface area contributed by atoms with Gasteiger partial charge in [-0.05, 0) is 130 Å². The molecule has 134 valence electrons. The van der Waals surface area contributed by atoms with Gasteiger partial charge in [-0.25, -0.2) is 4.79 Å². The highest BCUT2D eigenvalue weighted by Crippen LogP contribution is 2.62. The molecule has 5 rings (SSSR count). The monoisotopic (exact) mass is 677 g/mol. The molecule has 25 heavy (non-hydrogen) atoms. The fourth-order valence-corrected chi connectivity index (χ4v) is 7.82. The lowest BCUT2D eigenvalue weighted by molar-refractivity contribution is -0.331. The molecule has 0 aliphatic heterocycles. The van der Waals surface area contributed by atoms with Gasteiger partial charge in [-0.2, -0.15) is 0 Å². The molecule has 0 heterocycles. The van der Waals surface area contributed by atoms with E-state index < -0.39 is 17.0 Å². The number of halogens is 3. The van der Waals surface area contributed by atoms with E-state index >= 15 is 0 Å². The Morgan fingerprint density at radius 1 is 1.04 bits per heavy atom. The smallest absolute Gasteiger partial charge is 0.340 e. The summed E-state index contributed by atoms with van der Waals surface area (Å²) >= 11 is 6.56. The molecule has 4 fully saturated rings. The zero-order chi connectivity index (χ0) is 18.0. The molecule has 4 saturated carbocycles. The molecule has 2 unspecified atom stereocenters. The highest BCUT2D eigenvalue weighted by atomic mass is 127. The zero-order valence-corrected chi connectivity index (χ0v) is 19.8. The van der Waals surface area contributed by atoms with Crippen LogP contribution >= 0.6 is 67.8 Å². The van der Waals surface area contributed by atoms with Crippen LogP contribution in [-0.4, -0.2) is 17.5 Å². The quantitative estimate of drug-likeness (QED) is 0.278. The molecule has 0 spiro atoms. The van der Waals surface area contributed by atoms with Crippen LogP contribution in [0.2, 0.25) is 0 Å². The summed E-state index contributed by atoms with van der Waals surface area (Å²) in [6.07, 6.45) is 4.43. The second-order valence-corrected chi connectivity index (χ2v) is 11.2. The maximum Gasteiger partial charge on any atom is 0.340 e. The molecule has 7 heteroatoms. The fourth-order valence-electron chi connectivity index (χ4n) is 5.50. The van der Waals surface area contributed by atoms with E-state index in [1.807, 2.05) is 12.1 Å². The van der Waals surface area contributed by atoms with Crippen LogP contribution in [0.4, 0.5) is 0 Å². The average molecular weight is 677 g/mol. The predicted molar refractivity (Wildman–Crippen MR) is 115 cm³/mol. The zero-order valence-electron chi connectivity index (χ0n) is 13.3. The summed E-state index contributed by atoms with van der Waals surface area (Å²) in [6, 6.07) is 3.90. The minimum absolute atomic E-state index is 0.317. The van der Waals surface area contributed by atoms with Gasteiger partial charge in [0.25, 0.3) is 0 Å². The van der Waals surface area contributed by atoms with E-state index in [1.54, 1.807) is 0 Å². The Kier molecular flexibility index (Phi) is 4.83. The lowest BCUT2D eigenvalue weighted by Crippen LogP contribution is -2.62. The predicted octanol–water partition coefficient (Wildman–Crippen LogP) is 3.75. The van der Waals surface area contributed by atoms with Crippen LogP contribution in [0.1, 0.15) is 48.9 Å². The summed E-state index contributed by atoms with van der Waals surface area (Å²) in [5.41, 5.74) is -0.823. The first-order chi connectivity index (χ1) is 11.7. The number of carbonyl (C=O) groups is 2. The summed E-state index contributed by atoms with van der Waals surface area (Å²) in [5.74, 6) is -0.606. The van der Waals surface area contributed by atoms with Crippen molar-refractivity contribution in [1.82, 2.24) is 0 Å². The summed E-state index contributed by atoms with van der Waals surface area (Å²) < 4.78 is 8.87. The first-order valence-electron chi connectivity index (χ1n) is 8.32. The molecule has 1 aromatic carbocycles. The molecule has 0 saturated heterocycles. The average Bonchev–Trinajstić information content (AvgIpc) is 2.49. The van der Waals surface area contributed by atoms with Crippen LogP contribution in [0.3, 0.4) is 0 Å². The number of esters is 1. The van der Waals surface area contributed by atoms with Crippen molar-refractivity contribution in [2.45, 2.75) is 44.1 Å². The van der Waals surface area contributed by atoms with Gasteiger partial charge in [-0.3, -0.25) is 0 Å². The highest BCUT2D eigenvalue weighted by Gasteiger charge is 2.60. The maximum absolute atomic E-state index is 13.0. The van der Waals surface area contributed by atoms with E-state index in [4.69, 9.17) is 4.74 Å². The van der Waals surface area contributed by atoms with Gasteiger partial charge in [0, 0.05) is 22.1 Å². The minimum atomic E-state index is -0.958. The third-order valence-corrected chi connectivity index (χ3v) is 9.95. The number of rotatable bonds is 3. The molecule has 4 aliphatic rings. The molecule has 4 bridgehead atoms. The van der Waals surface area contributed by atoms with Crippen LogP contribution in [0, 0.1) is 28.0 Å². The van der Waals surface area contributed by atoms with Crippen molar-refractivity contribution in [1.29, 1.82) is 0 Å². The van der Waals surface area contributed by atoms with Gasteiger partial charge in [0.15, 0.2) is 0 Å². The summed E-state index contributed by atoms with van der Waals surface area (Å²) in [4.78, 5) is 24.8. The molecule has 1 aromatic rings. The largest absolute Gasteiger partial charge is 0.550 e. The number of aliphatic carboxylic acids is 1. The van der Waals surface area contributed by atoms with Gasteiger partial charge in [0.1, 0.15) is 5.60 Å². The Morgan fingerprint density at radius 3 is 2.24 bits per heavy atom. The number of benzene rings is 1. The lowest BCUT2D eigenvalue weighted by Gasteiger charge is -2.61. The Morgan fingerprint density at radius 2 is 1.64 bits per heavy atom. The molecule has 0 N–H and O–H groups in total. The van der Waals surface area contributed by atoms with E-state index in [0.29, 0.717) is 36.7 Å². The third-order valence-electron chi connectivity index (χ3n) is 6.00. The van der Waals surface area contributed by atoms with Crippen LogP contribution in [-0.2, 0) is 9.53 Å². The van der Waals surface area contributed by atoms with E-state index in [2.05, 4.69) is 67.8 Å². The number of hydrogen-bond acceptors (Lipinski definition) is 4. The van der Waals surface area contributed by atoms with Crippen molar-refractivity contribution in [2.75, 3.05) is 0 Å². The highest BCUT2D eigenvalue weighted by molar-refractivity contribution is 14.1. The number of hydrogen-bond donors (Lipinski definition) is 0. The molecule has 0 amide bonds.